The zero-order valence-corrected chi connectivity index (χ0v) is 17.6. The summed E-state index contributed by atoms with van der Waals surface area (Å²) in [7, 11) is 0. The number of likely N-dealkylation sites (tertiary alicyclic amines) is 2. The molecule has 0 saturated carbocycles. The molecule has 0 aromatic heterocycles. The number of nitrogens with zero attached hydrogens (tertiary/aromatic N) is 2. The van der Waals surface area contributed by atoms with Gasteiger partial charge in [-0.2, -0.15) is 0 Å². The molecule has 0 spiro atoms. The highest BCUT2D eigenvalue weighted by atomic mass is 19.1. The van der Waals surface area contributed by atoms with Crippen molar-refractivity contribution in [1.82, 2.24) is 9.80 Å². The lowest BCUT2D eigenvalue weighted by Crippen LogP contribution is -2.39. The number of hydrogen-bond acceptors (Lipinski definition) is 4. The second kappa shape index (κ2) is 11.5. The lowest BCUT2D eigenvalue weighted by molar-refractivity contribution is 0.205. The van der Waals surface area contributed by atoms with Crippen LogP contribution < -0.4 is 11.5 Å². The van der Waals surface area contributed by atoms with Crippen molar-refractivity contribution >= 4 is 0 Å². The highest BCUT2D eigenvalue weighted by Crippen LogP contribution is 2.14. The molecule has 2 heterocycles. The Hall–Kier alpha value is -1.86. The van der Waals surface area contributed by atoms with E-state index in [4.69, 9.17) is 11.5 Å². The second-order valence-electron chi connectivity index (χ2n) is 8.48. The van der Waals surface area contributed by atoms with Crippen LogP contribution in [0.5, 0.6) is 0 Å². The van der Waals surface area contributed by atoms with Gasteiger partial charge in [0.15, 0.2) is 0 Å². The third kappa shape index (κ3) is 7.76. The van der Waals surface area contributed by atoms with Gasteiger partial charge in [-0.3, -0.25) is 9.80 Å². The largest absolute Gasteiger partial charge is 0.328 e. The number of rotatable bonds is 4. The predicted molar refractivity (Wildman–Crippen MR) is 118 cm³/mol. The Morgan fingerprint density at radius 2 is 0.900 bits per heavy atom. The Balaban J connectivity index is 0.000000171. The van der Waals surface area contributed by atoms with Crippen LogP contribution in [0.25, 0.3) is 0 Å². The van der Waals surface area contributed by atoms with Gasteiger partial charge in [0.05, 0.1) is 0 Å². The molecule has 6 heteroatoms. The zero-order chi connectivity index (χ0) is 21.3. The average Bonchev–Trinajstić information content (AvgIpc) is 2.75. The van der Waals surface area contributed by atoms with E-state index in [-0.39, 0.29) is 11.6 Å². The van der Waals surface area contributed by atoms with Crippen molar-refractivity contribution in [2.45, 2.75) is 50.9 Å². The van der Waals surface area contributed by atoms with Gasteiger partial charge in [-0.25, -0.2) is 8.78 Å². The van der Waals surface area contributed by atoms with Crippen LogP contribution in [0.3, 0.4) is 0 Å². The third-order valence-electron chi connectivity index (χ3n) is 5.90. The fourth-order valence-corrected chi connectivity index (χ4v) is 3.92. The van der Waals surface area contributed by atoms with Crippen LogP contribution in [0.4, 0.5) is 8.78 Å². The van der Waals surface area contributed by atoms with E-state index < -0.39 is 0 Å². The number of piperidine rings is 2. The average molecular weight is 417 g/mol. The van der Waals surface area contributed by atoms with E-state index in [9.17, 15) is 8.78 Å². The molecular formula is C24H34F2N4. The first-order chi connectivity index (χ1) is 14.5. The van der Waals surface area contributed by atoms with Crippen molar-refractivity contribution in [3.8, 4) is 0 Å². The summed E-state index contributed by atoms with van der Waals surface area (Å²) in [6, 6.07) is 14.2. The van der Waals surface area contributed by atoms with Gasteiger partial charge in [-0.05, 0) is 87.3 Å². The monoisotopic (exact) mass is 416 g/mol. The van der Waals surface area contributed by atoms with Crippen LogP contribution >= 0.6 is 0 Å². The van der Waals surface area contributed by atoms with E-state index >= 15 is 0 Å². The summed E-state index contributed by atoms with van der Waals surface area (Å²) >= 11 is 0. The van der Waals surface area contributed by atoms with Gasteiger partial charge in [0.25, 0.3) is 0 Å². The van der Waals surface area contributed by atoms with E-state index in [1.54, 1.807) is 0 Å². The first-order valence-corrected chi connectivity index (χ1v) is 10.9. The molecule has 2 aliphatic heterocycles. The standard InChI is InChI=1S/2C12H17FN2/c2*13-11-3-1-10(2-4-11)9-15-7-5-12(14)6-8-15/h2*1-4,12H,5-9,14H2. The maximum Gasteiger partial charge on any atom is 0.123 e. The van der Waals surface area contributed by atoms with Crippen molar-refractivity contribution in [2.24, 2.45) is 11.5 Å². The fraction of sp³-hybridized carbons (Fsp3) is 0.500. The zero-order valence-electron chi connectivity index (χ0n) is 17.6. The molecule has 2 saturated heterocycles. The molecular weight excluding hydrogens is 382 g/mol. The predicted octanol–water partition coefficient (Wildman–Crippen LogP) is 3.50. The first-order valence-electron chi connectivity index (χ1n) is 10.9. The minimum atomic E-state index is -0.167. The summed E-state index contributed by atoms with van der Waals surface area (Å²) in [5.41, 5.74) is 14.0. The Kier molecular flexibility index (Phi) is 8.75. The van der Waals surface area contributed by atoms with Crippen LogP contribution in [0.15, 0.2) is 48.5 Å². The van der Waals surface area contributed by atoms with Crippen LogP contribution in [0.1, 0.15) is 36.8 Å². The SMILES string of the molecule is NC1CCN(Cc2ccc(F)cc2)CC1.NC1CCN(Cc2ccc(F)cc2)CC1. The molecule has 4 nitrogen and oxygen atoms in total. The van der Waals surface area contributed by atoms with Crippen LogP contribution in [0, 0.1) is 11.6 Å². The summed E-state index contributed by atoms with van der Waals surface area (Å²) in [6.07, 6.45) is 4.28. The van der Waals surface area contributed by atoms with E-state index in [2.05, 4.69) is 9.80 Å². The minimum Gasteiger partial charge on any atom is -0.328 e. The number of benzene rings is 2. The molecule has 0 bridgehead atoms. The molecule has 0 atom stereocenters. The summed E-state index contributed by atoms with van der Waals surface area (Å²) in [6.45, 7) is 6.04. The lowest BCUT2D eigenvalue weighted by atomic mass is 10.1. The topological polar surface area (TPSA) is 58.5 Å². The molecule has 4 N–H and O–H groups in total. The van der Waals surface area contributed by atoms with Gasteiger partial charge in [0.1, 0.15) is 11.6 Å². The number of hydrogen-bond donors (Lipinski definition) is 2. The maximum absolute atomic E-state index is 12.7. The highest BCUT2D eigenvalue weighted by molar-refractivity contribution is 5.16. The molecule has 2 fully saturated rings. The molecule has 2 aromatic carbocycles. The molecule has 2 aromatic rings. The van der Waals surface area contributed by atoms with E-state index in [1.807, 2.05) is 24.3 Å². The molecule has 0 aliphatic carbocycles. The quantitative estimate of drug-likeness (QED) is 0.801. The normalized spacial score (nSPS) is 19.3. The molecule has 0 radical (unpaired) electrons. The summed E-state index contributed by atoms with van der Waals surface area (Å²) < 4.78 is 25.4. The van der Waals surface area contributed by atoms with E-state index in [0.29, 0.717) is 12.1 Å². The highest BCUT2D eigenvalue weighted by Gasteiger charge is 2.16. The summed E-state index contributed by atoms with van der Waals surface area (Å²) in [4.78, 5) is 4.74. The second-order valence-corrected chi connectivity index (χ2v) is 8.48. The smallest absolute Gasteiger partial charge is 0.123 e. The van der Waals surface area contributed by atoms with Crippen molar-refractivity contribution in [3.63, 3.8) is 0 Å². The maximum atomic E-state index is 12.7. The van der Waals surface area contributed by atoms with Crippen molar-refractivity contribution in [2.75, 3.05) is 26.2 Å². The van der Waals surface area contributed by atoms with Gasteiger partial charge in [0, 0.05) is 25.2 Å². The van der Waals surface area contributed by atoms with Crippen molar-refractivity contribution < 1.29 is 8.78 Å². The Bertz CT molecular complexity index is 669. The molecule has 2 aliphatic rings. The molecule has 30 heavy (non-hydrogen) atoms. The molecule has 164 valence electrons. The molecule has 4 rings (SSSR count). The Morgan fingerprint density at radius 3 is 1.20 bits per heavy atom. The van der Waals surface area contributed by atoms with Gasteiger partial charge in [-0.15, -0.1) is 0 Å². The Labute approximate surface area is 178 Å². The van der Waals surface area contributed by atoms with Crippen LogP contribution in [-0.2, 0) is 13.1 Å². The third-order valence-corrected chi connectivity index (χ3v) is 5.90. The summed E-state index contributed by atoms with van der Waals surface area (Å²) in [5.74, 6) is -0.334. The molecule has 0 unspecified atom stereocenters. The first kappa shape index (κ1) is 22.8. The van der Waals surface area contributed by atoms with Gasteiger partial charge in [-0.1, -0.05) is 24.3 Å². The Morgan fingerprint density at radius 1 is 0.600 bits per heavy atom. The van der Waals surface area contributed by atoms with Crippen LogP contribution in [-0.4, -0.2) is 48.1 Å². The fourth-order valence-electron chi connectivity index (χ4n) is 3.92. The number of halogens is 2. The van der Waals surface area contributed by atoms with Gasteiger partial charge < -0.3 is 11.5 Å². The van der Waals surface area contributed by atoms with Crippen molar-refractivity contribution in [3.05, 3.63) is 71.3 Å². The van der Waals surface area contributed by atoms with E-state index in [1.165, 1.54) is 35.4 Å². The van der Waals surface area contributed by atoms with Gasteiger partial charge in [0.2, 0.25) is 0 Å². The minimum absolute atomic E-state index is 0.167. The summed E-state index contributed by atoms with van der Waals surface area (Å²) in [5, 5.41) is 0. The van der Waals surface area contributed by atoms with Crippen molar-refractivity contribution in [1.29, 1.82) is 0 Å². The number of nitrogens with two attached hydrogens (primary N) is 2. The van der Waals surface area contributed by atoms with Gasteiger partial charge >= 0.3 is 0 Å². The van der Waals surface area contributed by atoms with Crippen LogP contribution in [0.2, 0.25) is 0 Å². The molecule has 0 amide bonds. The van der Waals surface area contributed by atoms with E-state index in [0.717, 1.165) is 65.0 Å². The lowest BCUT2D eigenvalue weighted by Gasteiger charge is -2.30.